The summed E-state index contributed by atoms with van der Waals surface area (Å²) in [5.41, 5.74) is 6.81. The lowest BCUT2D eigenvalue weighted by Crippen LogP contribution is -2.30. The number of rotatable bonds is 3. The van der Waals surface area contributed by atoms with Gasteiger partial charge in [0, 0.05) is 19.5 Å². The van der Waals surface area contributed by atoms with Gasteiger partial charge in [0.2, 0.25) is 5.91 Å². The highest BCUT2D eigenvalue weighted by Gasteiger charge is 2.38. The fourth-order valence-electron chi connectivity index (χ4n) is 2.47. The van der Waals surface area contributed by atoms with Gasteiger partial charge >= 0.3 is 0 Å². The smallest absolute Gasteiger partial charge is 0.224 e. The maximum atomic E-state index is 11.7. The summed E-state index contributed by atoms with van der Waals surface area (Å²) in [5, 5.41) is 0.434. The number of likely N-dealkylation sites (tertiary alicyclic amines) is 1. The Hall–Kier alpha value is -1.46. The zero-order chi connectivity index (χ0) is 14.2. The number of hydrogen-bond donors (Lipinski definition) is 1. The third kappa shape index (κ3) is 2.24. The van der Waals surface area contributed by atoms with Crippen LogP contribution in [-0.2, 0) is 4.79 Å². The Bertz CT molecular complexity index is 507. The van der Waals surface area contributed by atoms with Crippen molar-refractivity contribution in [2.75, 3.05) is 21.3 Å². The normalized spacial score (nSPS) is 22.8. The number of hydrogen-bond acceptors (Lipinski definition) is 4. The summed E-state index contributed by atoms with van der Waals surface area (Å²) in [6, 6.07) is 3.08. The number of likely N-dealkylation sites (N-methyl/N-ethyl adjacent to an activating group) is 1. The molecular formula is C13H17ClN2O3. The summed E-state index contributed by atoms with van der Waals surface area (Å²) < 4.78 is 10.5. The number of nitrogens with zero attached hydrogens (tertiary/aromatic N) is 1. The molecule has 2 atom stereocenters. The molecule has 0 aromatic heterocycles. The first-order chi connectivity index (χ1) is 9.01. The zero-order valence-electron chi connectivity index (χ0n) is 11.1. The number of amides is 1. The van der Waals surface area contributed by atoms with Gasteiger partial charge in [-0.2, -0.15) is 0 Å². The third-order valence-corrected chi connectivity index (χ3v) is 3.85. The van der Waals surface area contributed by atoms with Crippen molar-refractivity contribution < 1.29 is 14.3 Å². The number of nitrogens with two attached hydrogens (primary N) is 1. The summed E-state index contributed by atoms with van der Waals surface area (Å²) in [6.07, 6.45) is 0.325. The Balaban J connectivity index is 2.49. The molecule has 0 bridgehead atoms. The summed E-state index contributed by atoms with van der Waals surface area (Å²) in [6.45, 7) is 0. The predicted octanol–water partition coefficient (Wildman–Crippen LogP) is 1.59. The first-order valence-corrected chi connectivity index (χ1v) is 6.30. The highest BCUT2D eigenvalue weighted by atomic mass is 35.5. The first kappa shape index (κ1) is 14.0. The fourth-order valence-corrected chi connectivity index (χ4v) is 2.82. The minimum absolute atomic E-state index is 0.0170. The number of methoxy groups -OCH3 is 2. The molecule has 0 saturated carbocycles. The van der Waals surface area contributed by atoms with Crippen molar-refractivity contribution in [3.8, 4) is 11.5 Å². The molecule has 6 heteroatoms. The van der Waals surface area contributed by atoms with Gasteiger partial charge in [-0.05, 0) is 11.6 Å². The Kier molecular flexibility index (Phi) is 3.87. The van der Waals surface area contributed by atoms with Crippen molar-refractivity contribution in [3.63, 3.8) is 0 Å². The monoisotopic (exact) mass is 284 g/mol. The van der Waals surface area contributed by atoms with Crippen LogP contribution in [0.1, 0.15) is 18.0 Å². The quantitative estimate of drug-likeness (QED) is 0.915. The molecule has 2 rings (SSSR count). The van der Waals surface area contributed by atoms with Crippen LogP contribution in [0.25, 0.3) is 0 Å². The third-order valence-electron chi connectivity index (χ3n) is 3.46. The fraction of sp³-hybridized carbons (Fsp3) is 0.462. The van der Waals surface area contributed by atoms with Crippen molar-refractivity contribution in [2.24, 2.45) is 5.73 Å². The lowest BCUT2D eigenvalue weighted by atomic mass is 10.00. The van der Waals surface area contributed by atoms with Crippen LogP contribution in [0.2, 0.25) is 5.02 Å². The number of benzene rings is 1. The van der Waals surface area contributed by atoms with Crippen LogP contribution in [-0.4, -0.2) is 38.1 Å². The predicted molar refractivity (Wildman–Crippen MR) is 72.7 cm³/mol. The summed E-state index contributed by atoms with van der Waals surface area (Å²) in [4.78, 5) is 13.3. The van der Waals surface area contributed by atoms with Gasteiger partial charge in [-0.3, -0.25) is 4.79 Å². The van der Waals surface area contributed by atoms with Crippen LogP contribution >= 0.6 is 11.6 Å². The molecular weight excluding hydrogens is 268 g/mol. The van der Waals surface area contributed by atoms with Crippen LogP contribution in [0.15, 0.2) is 12.1 Å². The largest absolute Gasteiger partial charge is 0.493 e. The van der Waals surface area contributed by atoms with E-state index in [0.29, 0.717) is 22.9 Å². The van der Waals surface area contributed by atoms with Gasteiger partial charge in [0.25, 0.3) is 0 Å². The van der Waals surface area contributed by atoms with Gasteiger partial charge in [-0.15, -0.1) is 0 Å². The highest BCUT2D eigenvalue weighted by molar-refractivity contribution is 6.33. The molecule has 1 heterocycles. The molecule has 5 nitrogen and oxygen atoms in total. The zero-order valence-corrected chi connectivity index (χ0v) is 11.9. The van der Waals surface area contributed by atoms with E-state index in [1.165, 1.54) is 7.11 Å². The van der Waals surface area contributed by atoms with Gasteiger partial charge in [-0.1, -0.05) is 17.7 Å². The van der Waals surface area contributed by atoms with Gasteiger partial charge < -0.3 is 20.1 Å². The second kappa shape index (κ2) is 5.27. The molecule has 2 N–H and O–H groups in total. The topological polar surface area (TPSA) is 64.8 Å². The lowest BCUT2D eigenvalue weighted by molar-refractivity contribution is -0.127. The summed E-state index contributed by atoms with van der Waals surface area (Å²) in [5.74, 6) is 1.03. The van der Waals surface area contributed by atoms with E-state index in [4.69, 9.17) is 26.8 Å². The van der Waals surface area contributed by atoms with Gasteiger partial charge in [-0.25, -0.2) is 0 Å². The van der Waals surface area contributed by atoms with Crippen LogP contribution in [0, 0.1) is 0 Å². The molecule has 0 spiro atoms. The first-order valence-electron chi connectivity index (χ1n) is 5.92. The Morgan fingerprint density at radius 1 is 1.37 bits per heavy atom. The molecule has 1 aromatic carbocycles. The number of carbonyl (C=O) groups excluding carboxylic acids is 1. The van der Waals surface area contributed by atoms with Crippen LogP contribution in [0.5, 0.6) is 11.5 Å². The molecule has 1 saturated heterocycles. The molecule has 2 unspecified atom stereocenters. The van der Waals surface area contributed by atoms with E-state index < -0.39 is 0 Å². The van der Waals surface area contributed by atoms with E-state index in [-0.39, 0.29) is 18.0 Å². The minimum atomic E-state index is -0.270. The summed E-state index contributed by atoms with van der Waals surface area (Å²) in [7, 11) is 4.80. The number of carbonyl (C=O) groups is 1. The molecule has 104 valence electrons. The average Bonchev–Trinajstić information content (AvgIpc) is 2.63. The van der Waals surface area contributed by atoms with Gasteiger partial charge in [0.1, 0.15) is 0 Å². The molecule has 19 heavy (non-hydrogen) atoms. The molecule has 1 fully saturated rings. The van der Waals surface area contributed by atoms with Gasteiger partial charge in [0.05, 0.1) is 25.3 Å². The second-order valence-electron chi connectivity index (χ2n) is 4.52. The molecule has 1 aliphatic rings. The average molecular weight is 285 g/mol. The molecule has 0 aliphatic carbocycles. The SMILES string of the molecule is COc1ccc(C2C(N)CC(=O)N2C)c(Cl)c1OC. The van der Waals surface area contributed by atoms with Gasteiger partial charge in [0.15, 0.2) is 11.5 Å². The van der Waals surface area contributed by atoms with Crippen molar-refractivity contribution in [2.45, 2.75) is 18.5 Å². The maximum Gasteiger partial charge on any atom is 0.224 e. The van der Waals surface area contributed by atoms with E-state index >= 15 is 0 Å². The Morgan fingerprint density at radius 3 is 2.53 bits per heavy atom. The summed E-state index contributed by atoms with van der Waals surface area (Å²) >= 11 is 6.35. The van der Waals surface area contributed by atoms with E-state index in [2.05, 4.69) is 0 Å². The highest BCUT2D eigenvalue weighted by Crippen LogP contribution is 2.43. The van der Waals surface area contributed by atoms with E-state index in [0.717, 1.165) is 5.56 Å². The molecule has 1 aromatic rings. The van der Waals surface area contributed by atoms with Crippen LogP contribution in [0.4, 0.5) is 0 Å². The maximum absolute atomic E-state index is 11.7. The Labute approximate surface area is 117 Å². The van der Waals surface area contributed by atoms with Crippen molar-refractivity contribution >= 4 is 17.5 Å². The van der Waals surface area contributed by atoms with E-state index in [1.807, 2.05) is 6.07 Å². The number of ether oxygens (including phenoxy) is 2. The molecule has 1 aliphatic heterocycles. The molecule has 1 amide bonds. The van der Waals surface area contributed by atoms with Crippen molar-refractivity contribution in [1.82, 2.24) is 4.90 Å². The van der Waals surface area contributed by atoms with Crippen LogP contribution < -0.4 is 15.2 Å². The standard InChI is InChI=1S/C13H17ClN2O3/c1-16-10(17)6-8(15)12(16)7-4-5-9(18-2)13(19-3)11(7)14/h4-5,8,12H,6,15H2,1-3H3. The van der Waals surface area contributed by atoms with Crippen LogP contribution in [0.3, 0.4) is 0 Å². The van der Waals surface area contributed by atoms with E-state index in [9.17, 15) is 4.79 Å². The van der Waals surface area contributed by atoms with Crippen molar-refractivity contribution in [3.05, 3.63) is 22.7 Å². The Morgan fingerprint density at radius 2 is 2.05 bits per heavy atom. The lowest BCUT2D eigenvalue weighted by Gasteiger charge is -2.25. The van der Waals surface area contributed by atoms with E-state index in [1.54, 1.807) is 25.1 Å². The number of halogens is 1. The second-order valence-corrected chi connectivity index (χ2v) is 4.90. The molecule has 0 radical (unpaired) electrons. The van der Waals surface area contributed by atoms with Crippen molar-refractivity contribution in [1.29, 1.82) is 0 Å². The minimum Gasteiger partial charge on any atom is -0.493 e.